The van der Waals surface area contributed by atoms with Crippen molar-refractivity contribution in [3.05, 3.63) is 17.9 Å². The number of carbonyl (C=O) groups excluding carboxylic acids is 1. The molecule has 0 fully saturated rings. The Morgan fingerprint density at radius 1 is 1.38 bits per heavy atom. The van der Waals surface area contributed by atoms with Gasteiger partial charge >= 0.3 is 6.18 Å². The highest BCUT2D eigenvalue weighted by Gasteiger charge is 2.34. The monoisotopic (exact) mass is 328 g/mol. The van der Waals surface area contributed by atoms with Crippen molar-refractivity contribution in [3.8, 4) is 0 Å². The van der Waals surface area contributed by atoms with Crippen LogP contribution >= 0.6 is 0 Å². The fourth-order valence-corrected chi connectivity index (χ4v) is 2.22. The van der Waals surface area contributed by atoms with Crippen LogP contribution in [0.5, 0.6) is 0 Å². The first-order valence-corrected chi connectivity index (χ1v) is 7.48. The normalized spacial score (nSPS) is 12.4. The number of carbonyl (C=O) groups is 1. The quantitative estimate of drug-likeness (QED) is 0.860. The van der Waals surface area contributed by atoms with Crippen molar-refractivity contribution in [1.29, 1.82) is 0 Å². The minimum atomic E-state index is -4.54. The summed E-state index contributed by atoms with van der Waals surface area (Å²) >= 11 is 0. The Hall–Kier alpha value is -1.55. The lowest BCUT2D eigenvalue weighted by atomic mass is 10.3. The van der Waals surface area contributed by atoms with Gasteiger partial charge in [-0.1, -0.05) is 6.92 Å². The fourth-order valence-electron chi connectivity index (χ4n) is 1.57. The molecule has 1 heterocycles. The summed E-state index contributed by atoms with van der Waals surface area (Å²) in [5, 5.41) is -0.531. The first kappa shape index (κ1) is 17.5. The lowest BCUT2D eigenvalue weighted by molar-refractivity contribution is -0.140. The van der Waals surface area contributed by atoms with E-state index < -0.39 is 39.5 Å². The van der Waals surface area contributed by atoms with Gasteiger partial charge in [-0.2, -0.15) is 13.2 Å². The minimum Gasteiger partial charge on any atom is -0.438 e. The van der Waals surface area contributed by atoms with Gasteiger partial charge in [-0.3, -0.25) is 4.79 Å². The van der Waals surface area contributed by atoms with Gasteiger partial charge < -0.3 is 9.32 Å². The van der Waals surface area contributed by atoms with Crippen molar-refractivity contribution in [2.24, 2.45) is 0 Å². The van der Waals surface area contributed by atoms with Crippen LogP contribution in [0.4, 0.5) is 13.2 Å². The van der Waals surface area contributed by atoms with Crippen LogP contribution in [0.25, 0.3) is 0 Å². The third-order valence-corrected chi connectivity index (χ3v) is 3.76. The number of nitrogens with one attached hydrogen (secondary N) is 1. The van der Waals surface area contributed by atoms with E-state index in [1.165, 1.54) is 0 Å². The Balaban J connectivity index is 3.00. The molecular formula is C11H15F3N2O4S. The molecule has 0 aliphatic rings. The molecule has 21 heavy (non-hydrogen) atoms. The van der Waals surface area contributed by atoms with Gasteiger partial charge in [0.25, 0.3) is 15.9 Å². The van der Waals surface area contributed by atoms with Crippen molar-refractivity contribution in [3.63, 3.8) is 0 Å². The maximum Gasteiger partial charge on any atom is 0.406 e. The van der Waals surface area contributed by atoms with E-state index in [1.54, 1.807) is 6.92 Å². The van der Waals surface area contributed by atoms with Crippen LogP contribution in [0.2, 0.25) is 0 Å². The first-order valence-electron chi connectivity index (χ1n) is 6.00. The fraction of sp³-hybridized carbons (Fsp3) is 0.545. The standard InChI is InChI=1S/C11H15F3N2O4S/c1-3-6-16(7-11(12,13)14)10(17)8-4-5-9(20-8)21(18,19)15-2/h4-5,15H,3,6-7H2,1-2H3. The number of halogens is 3. The molecule has 1 rings (SSSR count). The van der Waals surface area contributed by atoms with Crippen LogP contribution in [0.1, 0.15) is 23.9 Å². The molecule has 0 atom stereocenters. The smallest absolute Gasteiger partial charge is 0.406 e. The number of rotatable bonds is 6. The summed E-state index contributed by atoms with van der Waals surface area (Å²) in [4.78, 5) is 12.5. The van der Waals surface area contributed by atoms with Gasteiger partial charge in [0, 0.05) is 6.54 Å². The van der Waals surface area contributed by atoms with E-state index in [2.05, 4.69) is 0 Å². The van der Waals surface area contributed by atoms with Gasteiger partial charge in [-0.25, -0.2) is 13.1 Å². The minimum absolute atomic E-state index is 0.118. The maximum absolute atomic E-state index is 12.4. The van der Waals surface area contributed by atoms with E-state index in [1.807, 2.05) is 4.72 Å². The molecular weight excluding hydrogens is 313 g/mol. The largest absolute Gasteiger partial charge is 0.438 e. The number of furan rings is 1. The molecule has 0 aliphatic heterocycles. The molecule has 10 heteroatoms. The van der Waals surface area contributed by atoms with Gasteiger partial charge in [-0.05, 0) is 25.6 Å². The van der Waals surface area contributed by atoms with Crippen molar-refractivity contribution >= 4 is 15.9 Å². The Morgan fingerprint density at radius 2 is 2.00 bits per heavy atom. The number of hydrogen-bond donors (Lipinski definition) is 1. The van der Waals surface area contributed by atoms with Gasteiger partial charge in [0.15, 0.2) is 5.76 Å². The summed E-state index contributed by atoms with van der Waals surface area (Å²) in [5.74, 6) is -1.46. The van der Waals surface area contributed by atoms with Crippen molar-refractivity contribution < 1.29 is 30.8 Å². The lowest BCUT2D eigenvalue weighted by Crippen LogP contribution is -2.39. The Bertz CT molecular complexity index is 595. The van der Waals surface area contributed by atoms with Gasteiger partial charge in [0.2, 0.25) is 5.09 Å². The van der Waals surface area contributed by atoms with E-state index in [-0.39, 0.29) is 6.54 Å². The molecule has 0 aliphatic carbocycles. The second kappa shape index (κ2) is 6.48. The molecule has 1 amide bonds. The summed E-state index contributed by atoms with van der Waals surface area (Å²) in [5.41, 5.74) is 0. The highest BCUT2D eigenvalue weighted by atomic mass is 32.2. The molecule has 0 radical (unpaired) electrons. The molecule has 1 aromatic rings. The summed E-state index contributed by atoms with van der Waals surface area (Å²) < 4.78 is 67.0. The van der Waals surface area contributed by atoms with E-state index >= 15 is 0 Å². The van der Waals surface area contributed by atoms with Crippen molar-refractivity contribution in [1.82, 2.24) is 9.62 Å². The second-order valence-electron chi connectivity index (χ2n) is 4.17. The molecule has 1 aromatic heterocycles. The first-order chi connectivity index (χ1) is 9.60. The average Bonchev–Trinajstić information content (AvgIpc) is 2.86. The predicted molar refractivity (Wildman–Crippen MR) is 67.2 cm³/mol. The number of amides is 1. The average molecular weight is 328 g/mol. The van der Waals surface area contributed by atoms with Gasteiger partial charge in [0.05, 0.1) is 0 Å². The third kappa shape index (κ3) is 4.74. The van der Waals surface area contributed by atoms with Crippen molar-refractivity contribution in [2.45, 2.75) is 24.6 Å². The molecule has 0 unspecified atom stereocenters. The SMILES string of the molecule is CCCN(CC(F)(F)F)C(=O)c1ccc(S(=O)(=O)NC)o1. The summed E-state index contributed by atoms with van der Waals surface area (Å²) in [7, 11) is -2.75. The summed E-state index contributed by atoms with van der Waals surface area (Å²) in [6, 6.07) is 2.04. The number of alkyl halides is 3. The predicted octanol–water partition coefficient (Wildman–Crippen LogP) is 1.60. The lowest BCUT2D eigenvalue weighted by Gasteiger charge is -2.22. The highest BCUT2D eigenvalue weighted by molar-refractivity contribution is 7.89. The van der Waals surface area contributed by atoms with E-state index in [9.17, 15) is 26.4 Å². The van der Waals surface area contributed by atoms with E-state index in [0.717, 1.165) is 19.2 Å². The number of sulfonamides is 1. The second-order valence-corrected chi connectivity index (χ2v) is 5.99. The molecule has 0 spiro atoms. The third-order valence-electron chi connectivity index (χ3n) is 2.48. The Labute approximate surface area is 120 Å². The molecule has 0 bridgehead atoms. The molecule has 0 saturated heterocycles. The zero-order valence-corrected chi connectivity index (χ0v) is 12.2. The van der Waals surface area contributed by atoms with Crippen LogP contribution in [0, 0.1) is 0 Å². The summed E-state index contributed by atoms with van der Waals surface area (Å²) in [6.45, 7) is 0.0807. The van der Waals surface area contributed by atoms with Gasteiger partial charge in [0.1, 0.15) is 6.54 Å². The van der Waals surface area contributed by atoms with Crippen LogP contribution in [-0.4, -0.2) is 45.5 Å². The molecule has 6 nitrogen and oxygen atoms in total. The zero-order valence-electron chi connectivity index (χ0n) is 11.4. The van der Waals surface area contributed by atoms with E-state index in [4.69, 9.17) is 4.42 Å². The Morgan fingerprint density at radius 3 is 2.48 bits per heavy atom. The van der Waals surface area contributed by atoms with Crippen LogP contribution in [0.15, 0.2) is 21.6 Å². The zero-order chi connectivity index (χ0) is 16.3. The van der Waals surface area contributed by atoms with Crippen LogP contribution in [-0.2, 0) is 10.0 Å². The molecule has 0 saturated carbocycles. The number of nitrogens with zero attached hydrogens (tertiary/aromatic N) is 1. The van der Waals surface area contributed by atoms with E-state index in [0.29, 0.717) is 11.3 Å². The molecule has 1 N–H and O–H groups in total. The van der Waals surface area contributed by atoms with Crippen LogP contribution < -0.4 is 4.72 Å². The molecule has 120 valence electrons. The van der Waals surface area contributed by atoms with Gasteiger partial charge in [-0.15, -0.1) is 0 Å². The highest BCUT2D eigenvalue weighted by Crippen LogP contribution is 2.20. The molecule has 0 aromatic carbocycles. The topological polar surface area (TPSA) is 79.6 Å². The van der Waals surface area contributed by atoms with Crippen molar-refractivity contribution in [2.75, 3.05) is 20.1 Å². The number of hydrogen-bond acceptors (Lipinski definition) is 4. The Kier molecular flexibility index (Phi) is 5.40. The van der Waals surface area contributed by atoms with Crippen LogP contribution in [0.3, 0.4) is 0 Å². The summed E-state index contributed by atoms with van der Waals surface area (Å²) in [6.07, 6.45) is -4.22. The maximum atomic E-state index is 12.4.